The molecule has 0 heterocycles. The van der Waals surface area contributed by atoms with Crippen LogP contribution in [0.25, 0.3) is 0 Å². The molecule has 140 valence electrons. The van der Waals surface area contributed by atoms with Gasteiger partial charge in [-0.3, -0.25) is 19.7 Å². The maximum absolute atomic E-state index is 12.1. The molecule has 1 amide bonds. The first-order valence-electron chi connectivity index (χ1n) is 9.05. The van der Waals surface area contributed by atoms with Crippen LogP contribution in [-0.4, -0.2) is 23.4 Å². The first kappa shape index (κ1) is 18.4. The number of nitrogens with zero attached hydrogens (tertiary/aromatic N) is 1. The maximum Gasteiger partial charge on any atom is 0.306 e. The van der Waals surface area contributed by atoms with E-state index < -0.39 is 17.4 Å². The Morgan fingerprint density at radius 1 is 1.27 bits per heavy atom. The molecular weight excluding hydrogens is 336 g/mol. The molecule has 3 rings (SSSR count). The van der Waals surface area contributed by atoms with Crippen molar-refractivity contribution >= 4 is 23.3 Å². The van der Waals surface area contributed by atoms with Crippen LogP contribution in [0.2, 0.25) is 0 Å². The molecule has 26 heavy (non-hydrogen) atoms. The number of benzene rings is 1. The fraction of sp³-hybridized carbons (Fsp3) is 0.579. The van der Waals surface area contributed by atoms with Crippen molar-refractivity contribution in [3.05, 3.63) is 33.4 Å². The van der Waals surface area contributed by atoms with Gasteiger partial charge in [0, 0.05) is 12.5 Å². The summed E-state index contributed by atoms with van der Waals surface area (Å²) in [4.78, 5) is 34.7. The number of carbonyl (C=O) groups is 2. The molecule has 1 aromatic carbocycles. The topological polar surface area (TPSA) is 98.5 Å². The quantitative estimate of drug-likeness (QED) is 0.475. The largest absolute Gasteiger partial charge is 0.456 e. The van der Waals surface area contributed by atoms with E-state index in [-0.39, 0.29) is 17.3 Å². The van der Waals surface area contributed by atoms with Gasteiger partial charge >= 0.3 is 5.97 Å². The maximum atomic E-state index is 12.1. The van der Waals surface area contributed by atoms with Crippen LogP contribution in [0.1, 0.15) is 43.2 Å². The van der Waals surface area contributed by atoms with E-state index in [1.807, 2.05) is 6.92 Å². The van der Waals surface area contributed by atoms with E-state index >= 15 is 0 Å². The van der Waals surface area contributed by atoms with Crippen LogP contribution in [0.15, 0.2) is 12.1 Å². The third-order valence-electron chi connectivity index (χ3n) is 5.85. The Labute approximate surface area is 152 Å². The van der Waals surface area contributed by atoms with Crippen molar-refractivity contribution < 1.29 is 19.2 Å². The van der Waals surface area contributed by atoms with Crippen molar-refractivity contribution in [1.29, 1.82) is 0 Å². The summed E-state index contributed by atoms with van der Waals surface area (Å²) in [6, 6.07) is 3.00. The summed E-state index contributed by atoms with van der Waals surface area (Å²) < 4.78 is 5.10. The lowest BCUT2D eigenvalue weighted by atomic mass is 9.86. The molecule has 1 aromatic rings. The number of aryl methyl sites for hydroxylation is 1. The Hall–Kier alpha value is -2.44. The zero-order valence-electron chi connectivity index (χ0n) is 15.1. The molecule has 2 bridgehead atoms. The molecular formula is C19H24N2O5. The average Bonchev–Trinajstić information content (AvgIpc) is 3.20. The number of ether oxygens (including phenoxy) is 1. The van der Waals surface area contributed by atoms with E-state index in [2.05, 4.69) is 5.32 Å². The Balaban J connectivity index is 1.54. The van der Waals surface area contributed by atoms with Gasteiger partial charge in [0.15, 0.2) is 6.61 Å². The molecule has 2 aliphatic rings. The average molecular weight is 360 g/mol. The van der Waals surface area contributed by atoms with Crippen molar-refractivity contribution in [3.63, 3.8) is 0 Å². The van der Waals surface area contributed by atoms with Gasteiger partial charge in [0.2, 0.25) is 0 Å². The molecule has 1 N–H and O–H groups in total. The van der Waals surface area contributed by atoms with Gasteiger partial charge in [-0.25, -0.2) is 0 Å². The highest BCUT2D eigenvalue weighted by molar-refractivity contribution is 5.96. The van der Waals surface area contributed by atoms with Gasteiger partial charge in [0.25, 0.3) is 11.6 Å². The summed E-state index contributed by atoms with van der Waals surface area (Å²) in [6.45, 7) is 3.09. The van der Waals surface area contributed by atoms with Crippen LogP contribution < -0.4 is 5.32 Å². The van der Waals surface area contributed by atoms with Crippen LogP contribution in [0.5, 0.6) is 0 Å². The zero-order valence-corrected chi connectivity index (χ0v) is 15.1. The van der Waals surface area contributed by atoms with Crippen molar-refractivity contribution in [2.45, 2.75) is 46.0 Å². The van der Waals surface area contributed by atoms with Crippen molar-refractivity contribution in [3.8, 4) is 0 Å². The van der Waals surface area contributed by atoms with Crippen LogP contribution in [0.4, 0.5) is 11.4 Å². The van der Waals surface area contributed by atoms with Gasteiger partial charge in [-0.2, -0.15) is 0 Å². The van der Waals surface area contributed by atoms with Crippen molar-refractivity contribution in [2.24, 2.45) is 17.8 Å². The highest BCUT2D eigenvalue weighted by atomic mass is 16.6. The number of anilines is 1. The van der Waals surface area contributed by atoms with Gasteiger partial charge in [0.05, 0.1) is 4.92 Å². The molecule has 0 saturated heterocycles. The van der Waals surface area contributed by atoms with E-state index in [1.165, 1.54) is 25.3 Å². The summed E-state index contributed by atoms with van der Waals surface area (Å²) in [7, 11) is 0. The summed E-state index contributed by atoms with van der Waals surface area (Å²) >= 11 is 0. The van der Waals surface area contributed by atoms with Crippen LogP contribution >= 0.6 is 0 Å². The van der Waals surface area contributed by atoms with Crippen LogP contribution in [-0.2, 0) is 14.3 Å². The third-order valence-corrected chi connectivity index (χ3v) is 5.85. The molecule has 0 radical (unpaired) electrons. The molecule has 2 aliphatic carbocycles. The number of fused-ring (bicyclic) bond motifs is 2. The predicted molar refractivity (Wildman–Crippen MR) is 95.7 cm³/mol. The number of esters is 1. The lowest BCUT2D eigenvalue weighted by Crippen LogP contribution is -2.24. The summed E-state index contributed by atoms with van der Waals surface area (Å²) in [5, 5.41) is 13.7. The number of nitro benzene ring substituents is 1. The highest BCUT2D eigenvalue weighted by Crippen LogP contribution is 2.49. The van der Waals surface area contributed by atoms with E-state index in [4.69, 9.17) is 4.74 Å². The van der Waals surface area contributed by atoms with E-state index in [9.17, 15) is 19.7 Å². The van der Waals surface area contributed by atoms with Gasteiger partial charge in [0.1, 0.15) is 5.69 Å². The van der Waals surface area contributed by atoms with E-state index in [0.29, 0.717) is 23.8 Å². The minimum Gasteiger partial charge on any atom is -0.456 e. The smallest absolute Gasteiger partial charge is 0.306 e. The number of carbonyl (C=O) groups excluding carboxylic acids is 2. The van der Waals surface area contributed by atoms with Gasteiger partial charge in [-0.05, 0) is 62.0 Å². The molecule has 7 nitrogen and oxygen atoms in total. The monoisotopic (exact) mass is 360 g/mol. The number of hydrogen-bond acceptors (Lipinski definition) is 5. The van der Waals surface area contributed by atoms with Crippen LogP contribution in [0, 0.1) is 41.7 Å². The Morgan fingerprint density at radius 2 is 2.04 bits per heavy atom. The molecule has 7 heteroatoms. The number of nitro groups is 1. The Kier molecular flexibility index (Phi) is 5.25. The SMILES string of the molecule is Cc1ccc([N+](=O)[O-])c(NC(=O)COC(=O)C[C@H]2C[C@H]3CC[C@@H]2C3)c1C. The van der Waals surface area contributed by atoms with Gasteiger partial charge in [-0.15, -0.1) is 0 Å². The molecule has 0 aliphatic heterocycles. The van der Waals surface area contributed by atoms with E-state index in [0.717, 1.165) is 17.9 Å². The Morgan fingerprint density at radius 3 is 2.65 bits per heavy atom. The fourth-order valence-corrected chi connectivity index (χ4v) is 4.33. The molecule has 2 saturated carbocycles. The second-order valence-corrected chi connectivity index (χ2v) is 7.51. The normalized spacial score (nSPS) is 23.7. The standard InChI is InChI=1S/C19H24N2O5/c1-11-3-6-16(21(24)25)19(12(11)2)20-17(22)10-26-18(23)9-15-8-13-4-5-14(15)7-13/h3,6,13-15H,4-5,7-10H2,1-2H3,(H,20,22)/t13-,14+,15+/m0/s1. The summed E-state index contributed by atoms with van der Waals surface area (Å²) in [5.74, 6) is 0.825. The first-order chi connectivity index (χ1) is 12.3. The zero-order chi connectivity index (χ0) is 18.8. The van der Waals surface area contributed by atoms with Crippen molar-refractivity contribution in [2.75, 3.05) is 11.9 Å². The lowest BCUT2D eigenvalue weighted by molar-refractivity contribution is -0.384. The summed E-state index contributed by atoms with van der Waals surface area (Å²) in [5.41, 5.74) is 1.44. The second kappa shape index (κ2) is 7.43. The number of rotatable bonds is 6. The summed E-state index contributed by atoms with van der Waals surface area (Å²) in [6.07, 6.45) is 5.13. The number of nitrogens with one attached hydrogen (secondary N) is 1. The minimum atomic E-state index is -0.567. The third kappa shape index (κ3) is 3.86. The van der Waals surface area contributed by atoms with Crippen molar-refractivity contribution in [1.82, 2.24) is 0 Å². The Bertz CT molecular complexity index is 746. The highest BCUT2D eigenvalue weighted by Gasteiger charge is 2.40. The van der Waals surface area contributed by atoms with E-state index in [1.54, 1.807) is 13.0 Å². The van der Waals surface area contributed by atoms with Gasteiger partial charge < -0.3 is 10.1 Å². The van der Waals surface area contributed by atoms with Gasteiger partial charge in [-0.1, -0.05) is 12.5 Å². The minimum absolute atomic E-state index is 0.157. The molecule has 0 unspecified atom stereocenters. The molecule has 2 fully saturated rings. The predicted octanol–water partition coefficient (Wildman–Crippen LogP) is 3.52. The number of amides is 1. The van der Waals surface area contributed by atoms with Crippen LogP contribution in [0.3, 0.4) is 0 Å². The molecule has 3 atom stereocenters. The first-order valence-corrected chi connectivity index (χ1v) is 9.05. The molecule has 0 spiro atoms. The fourth-order valence-electron chi connectivity index (χ4n) is 4.33. The molecule has 0 aromatic heterocycles. The lowest BCUT2D eigenvalue weighted by Gasteiger charge is -2.20. The second-order valence-electron chi connectivity index (χ2n) is 7.51. The number of hydrogen-bond donors (Lipinski definition) is 1.